The van der Waals surface area contributed by atoms with Gasteiger partial charge in [-0.2, -0.15) is 13.2 Å². The van der Waals surface area contributed by atoms with Crippen LogP contribution in [-0.2, 0) is 6.18 Å². The first-order chi connectivity index (χ1) is 8.93. The van der Waals surface area contributed by atoms with Crippen molar-refractivity contribution < 1.29 is 22.3 Å². The summed E-state index contributed by atoms with van der Waals surface area (Å²) >= 11 is 0. The first-order valence-corrected chi connectivity index (χ1v) is 5.29. The highest BCUT2D eigenvalue weighted by atomic mass is 19.4. The molecule has 0 aliphatic carbocycles. The van der Waals surface area contributed by atoms with Crippen molar-refractivity contribution in [3.05, 3.63) is 47.9 Å². The molecule has 1 aromatic heterocycles. The fourth-order valence-electron chi connectivity index (χ4n) is 1.70. The van der Waals surface area contributed by atoms with Gasteiger partial charge in [0.2, 0.25) is 5.88 Å². The predicted octanol–water partition coefficient (Wildman–Crippen LogP) is 3.92. The third kappa shape index (κ3) is 2.67. The van der Waals surface area contributed by atoms with E-state index in [-0.39, 0.29) is 17.0 Å². The van der Waals surface area contributed by atoms with E-state index in [1.54, 1.807) is 0 Å². The summed E-state index contributed by atoms with van der Waals surface area (Å²) in [5.41, 5.74) is -1.34. The molecule has 100 valence electrons. The topological polar surface area (TPSA) is 22.1 Å². The lowest BCUT2D eigenvalue weighted by molar-refractivity contribution is -0.137. The Kier molecular flexibility index (Phi) is 3.42. The van der Waals surface area contributed by atoms with Gasteiger partial charge in [-0.05, 0) is 11.6 Å². The number of ether oxygens (including phenoxy) is 1. The number of rotatable bonds is 2. The number of methoxy groups -OCH3 is 1. The molecule has 0 saturated carbocycles. The molecule has 6 heteroatoms. The molecular formula is C13H9F4NO. The molecule has 0 aliphatic heterocycles. The normalized spacial score (nSPS) is 11.4. The van der Waals surface area contributed by atoms with Crippen molar-refractivity contribution in [2.75, 3.05) is 7.11 Å². The maximum absolute atomic E-state index is 13.7. The van der Waals surface area contributed by atoms with Crippen LogP contribution in [0.3, 0.4) is 0 Å². The van der Waals surface area contributed by atoms with Gasteiger partial charge in [0.25, 0.3) is 0 Å². The molecule has 0 radical (unpaired) electrons. The van der Waals surface area contributed by atoms with Gasteiger partial charge in [0, 0.05) is 11.6 Å². The molecule has 2 rings (SSSR count). The molecule has 0 aliphatic rings. The fraction of sp³-hybridized carbons (Fsp3) is 0.154. The average molecular weight is 271 g/mol. The number of aromatic nitrogens is 1. The fourth-order valence-corrected chi connectivity index (χ4v) is 1.70. The highest BCUT2D eigenvalue weighted by Crippen LogP contribution is 2.38. The standard InChI is InChI=1S/C13H9F4NO/c1-19-12-6-9(11(14)7-18-12)8-4-2-3-5-10(8)13(15,16)17/h2-7H,1H3. The summed E-state index contributed by atoms with van der Waals surface area (Å²) in [6, 6.07) is 5.92. The zero-order valence-corrected chi connectivity index (χ0v) is 9.83. The molecule has 0 bridgehead atoms. The molecule has 2 aromatic rings. The lowest BCUT2D eigenvalue weighted by Gasteiger charge is -2.13. The van der Waals surface area contributed by atoms with E-state index in [4.69, 9.17) is 4.74 Å². The van der Waals surface area contributed by atoms with Crippen LogP contribution in [0.4, 0.5) is 17.6 Å². The van der Waals surface area contributed by atoms with E-state index in [0.29, 0.717) is 0 Å². The van der Waals surface area contributed by atoms with E-state index in [1.807, 2.05) is 0 Å². The summed E-state index contributed by atoms with van der Waals surface area (Å²) in [5, 5.41) is 0. The molecule has 1 heterocycles. The number of pyridine rings is 1. The van der Waals surface area contributed by atoms with Crippen LogP contribution >= 0.6 is 0 Å². The maximum Gasteiger partial charge on any atom is 0.417 e. The Morgan fingerprint density at radius 2 is 1.79 bits per heavy atom. The highest BCUT2D eigenvalue weighted by molar-refractivity contribution is 5.69. The molecule has 0 spiro atoms. The van der Waals surface area contributed by atoms with Crippen LogP contribution in [0.25, 0.3) is 11.1 Å². The van der Waals surface area contributed by atoms with Gasteiger partial charge in [-0.3, -0.25) is 0 Å². The summed E-state index contributed by atoms with van der Waals surface area (Å²) in [5.74, 6) is -0.786. The molecule has 0 saturated heterocycles. The number of halogens is 4. The van der Waals surface area contributed by atoms with Crippen LogP contribution < -0.4 is 4.74 Å². The molecule has 2 nitrogen and oxygen atoms in total. The largest absolute Gasteiger partial charge is 0.481 e. The van der Waals surface area contributed by atoms with Crippen molar-refractivity contribution in [1.82, 2.24) is 4.98 Å². The minimum Gasteiger partial charge on any atom is -0.481 e. The van der Waals surface area contributed by atoms with Gasteiger partial charge in [0.15, 0.2) is 0 Å². The molecule has 0 fully saturated rings. The van der Waals surface area contributed by atoms with Crippen molar-refractivity contribution in [3.8, 4) is 17.0 Å². The van der Waals surface area contributed by atoms with Crippen LogP contribution in [0, 0.1) is 5.82 Å². The zero-order valence-electron chi connectivity index (χ0n) is 9.83. The predicted molar refractivity (Wildman–Crippen MR) is 61.2 cm³/mol. The third-order valence-corrected chi connectivity index (χ3v) is 2.56. The number of hydrogen-bond donors (Lipinski definition) is 0. The lowest BCUT2D eigenvalue weighted by atomic mass is 10.00. The molecule has 1 aromatic carbocycles. The summed E-state index contributed by atoms with van der Waals surface area (Å²) in [4.78, 5) is 3.60. The Balaban J connectivity index is 2.65. The first kappa shape index (κ1) is 13.3. The van der Waals surface area contributed by atoms with Gasteiger partial charge in [0.1, 0.15) is 5.82 Å². The quantitative estimate of drug-likeness (QED) is 0.772. The summed E-state index contributed by atoms with van der Waals surface area (Å²) in [6.07, 6.45) is -3.72. The molecule has 0 atom stereocenters. The van der Waals surface area contributed by atoms with Gasteiger partial charge in [0.05, 0.1) is 18.9 Å². The van der Waals surface area contributed by atoms with Crippen molar-refractivity contribution >= 4 is 0 Å². The Morgan fingerprint density at radius 1 is 1.11 bits per heavy atom. The second-order valence-corrected chi connectivity index (χ2v) is 3.75. The number of benzene rings is 1. The Hall–Kier alpha value is -2.11. The summed E-state index contributed by atoms with van der Waals surface area (Å²) in [6.45, 7) is 0. The minimum atomic E-state index is -4.56. The van der Waals surface area contributed by atoms with Crippen LogP contribution in [0.2, 0.25) is 0 Å². The van der Waals surface area contributed by atoms with Gasteiger partial charge in [-0.15, -0.1) is 0 Å². The van der Waals surface area contributed by atoms with E-state index >= 15 is 0 Å². The number of alkyl halides is 3. The number of nitrogens with zero attached hydrogens (tertiary/aromatic N) is 1. The second kappa shape index (κ2) is 4.87. The van der Waals surface area contributed by atoms with Crippen molar-refractivity contribution in [2.45, 2.75) is 6.18 Å². The van der Waals surface area contributed by atoms with Crippen LogP contribution in [0.1, 0.15) is 5.56 Å². The molecule has 19 heavy (non-hydrogen) atoms. The van der Waals surface area contributed by atoms with Crippen LogP contribution in [0.15, 0.2) is 36.5 Å². The summed E-state index contributed by atoms with van der Waals surface area (Å²) < 4.78 is 57.1. The van der Waals surface area contributed by atoms with Crippen molar-refractivity contribution in [2.24, 2.45) is 0 Å². The molecule has 0 unspecified atom stereocenters. The minimum absolute atomic E-state index is 0.0494. The molecular weight excluding hydrogens is 262 g/mol. The molecule has 0 amide bonds. The van der Waals surface area contributed by atoms with E-state index in [0.717, 1.165) is 18.3 Å². The average Bonchev–Trinajstić information content (AvgIpc) is 2.38. The van der Waals surface area contributed by atoms with Crippen LogP contribution in [-0.4, -0.2) is 12.1 Å². The monoisotopic (exact) mass is 271 g/mol. The maximum atomic E-state index is 13.7. The smallest absolute Gasteiger partial charge is 0.417 e. The van der Waals surface area contributed by atoms with Crippen LogP contribution in [0.5, 0.6) is 5.88 Å². The Morgan fingerprint density at radius 3 is 2.42 bits per heavy atom. The SMILES string of the molecule is COc1cc(-c2ccccc2C(F)(F)F)c(F)cn1. The molecule has 0 N–H and O–H groups in total. The van der Waals surface area contributed by atoms with Gasteiger partial charge >= 0.3 is 6.18 Å². The van der Waals surface area contributed by atoms with E-state index in [9.17, 15) is 17.6 Å². The van der Waals surface area contributed by atoms with Gasteiger partial charge in [-0.1, -0.05) is 18.2 Å². The number of hydrogen-bond acceptors (Lipinski definition) is 2. The third-order valence-electron chi connectivity index (χ3n) is 2.56. The highest BCUT2D eigenvalue weighted by Gasteiger charge is 2.33. The Labute approximate surface area is 106 Å². The second-order valence-electron chi connectivity index (χ2n) is 3.75. The lowest BCUT2D eigenvalue weighted by Crippen LogP contribution is -2.07. The van der Waals surface area contributed by atoms with E-state index < -0.39 is 17.6 Å². The Bertz CT molecular complexity index is 595. The van der Waals surface area contributed by atoms with Gasteiger partial charge in [-0.25, -0.2) is 9.37 Å². The van der Waals surface area contributed by atoms with Crippen molar-refractivity contribution in [1.29, 1.82) is 0 Å². The zero-order chi connectivity index (χ0) is 14.0. The van der Waals surface area contributed by atoms with Crippen molar-refractivity contribution in [3.63, 3.8) is 0 Å². The summed E-state index contributed by atoms with van der Waals surface area (Å²) in [7, 11) is 1.31. The van der Waals surface area contributed by atoms with E-state index in [1.165, 1.54) is 25.3 Å². The van der Waals surface area contributed by atoms with Gasteiger partial charge < -0.3 is 4.74 Å². The first-order valence-electron chi connectivity index (χ1n) is 5.29. The van der Waals surface area contributed by atoms with E-state index in [2.05, 4.69) is 4.98 Å².